The average molecular weight is 282 g/mol. The lowest BCUT2D eigenvalue weighted by Gasteiger charge is -2.18. The quantitative estimate of drug-likeness (QED) is 0.771. The number of hydrogen-bond donors (Lipinski definition) is 1. The van der Waals surface area contributed by atoms with Crippen LogP contribution in [0.25, 0.3) is 10.8 Å². The molecule has 1 aromatic heterocycles. The van der Waals surface area contributed by atoms with Gasteiger partial charge < -0.3 is 5.32 Å². The summed E-state index contributed by atoms with van der Waals surface area (Å²) in [4.78, 5) is 4.67. The summed E-state index contributed by atoms with van der Waals surface area (Å²) in [5, 5.41) is 9.40. The molecule has 0 spiro atoms. The lowest BCUT2D eigenvalue weighted by Crippen LogP contribution is -2.22. The van der Waals surface area contributed by atoms with Crippen LogP contribution in [0.3, 0.4) is 0 Å². The van der Waals surface area contributed by atoms with E-state index in [0.29, 0.717) is 0 Å². The summed E-state index contributed by atoms with van der Waals surface area (Å²) >= 11 is 1.73. The molecular weight excluding hydrogens is 264 g/mol. The molecule has 102 valence electrons. The van der Waals surface area contributed by atoms with E-state index in [0.717, 1.165) is 17.2 Å². The van der Waals surface area contributed by atoms with Gasteiger partial charge in [-0.3, -0.25) is 0 Å². The average Bonchev–Trinajstić information content (AvgIpc) is 2.91. The van der Waals surface area contributed by atoms with Crippen molar-refractivity contribution in [3.05, 3.63) is 64.1 Å². The highest BCUT2D eigenvalue weighted by Crippen LogP contribution is 2.30. The van der Waals surface area contributed by atoms with Crippen LogP contribution in [0.1, 0.15) is 29.2 Å². The number of hydrogen-bond acceptors (Lipinski definition) is 3. The molecule has 0 aliphatic heterocycles. The van der Waals surface area contributed by atoms with E-state index in [1.165, 1.54) is 16.3 Å². The number of nitrogens with one attached hydrogen (secondary N) is 1. The smallest absolute Gasteiger partial charge is 0.114 e. The lowest BCUT2D eigenvalue weighted by atomic mass is 9.99. The van der Waals surface area contributed by atoms with Crippen LogP contribution in [0.5, 0.6) is 0 Å². The Morgan fingerprint density at radius 1 is 1.15 bits per heavy atom. The second kappa shape index (κ2) is 5.73. The van der Waals surface area contributed by atoms with Crippen molar-refractivity contribution in [1.29, 1.82) is 0 Å². The zero-order valence-corrected chi connectivity index (χ0v) is 12.6. The van der Waals surface area contributed by atoms with Gasteiger partial charge in [-0.2, -0.15) is 0 Å². The number of nitrogens with zero attached hydrogens (tertiary/aromatic N) is 1. The molecule has 0 bridgehead atoms. The lowest BCUT2D eigenvalue weighted by molar-refractivity contribution is 0.630. The highest BCUT2D eigenvalue weighted by Gasteiger charge is 2.18. The summed E-state index contributed by atoms with van der Waals surface area (Å²) in [5.41, 5.74) is 2.40. The van der Waals surface area contributed by atoms with Gasteiger partial charge >= 0.3 is 0 Å². The highest BCUT2D eigenvalue weighted by molar-refractivity contribution is 7.09. The van der Waals surface area contributed by atoms with Crippen molar-refractivity contribution in [2.75, 3.05) is 6.54 Å². The second-order valence-corrected chi connectivity index (χ2v) is 5.78. The third-order valence-electron chi connectivity index (χ3n) is 3.43. The Kier molecular flexibility index (Phi) is 3.81. The van der Waals surface area contributed by atoms with E-state index in [2.05, 4.69) is 65.1 Å². The highest BCUT2D eigenvalue weighted by atomic mass is 32.1. The standard InChI is InChI=1S/C17H18N2S/c1-3-18-16(17-19-12(2)11-20-17)15-10-6-8-13-7-4-5-9-14(13)15/h4-11,16,18H,3H2,1-2H3. The summed E-state index contributed by atoms with van der Waals surface area (Å²) < 4.78 is 0. The van der Waals surface area contributed by atoms with E-state index in [-0.39, 0.29) is 6.04 Å². The molecule has 0 saturated carbocycles. The minimum absolute atomic E-state index is 0.171. The fourth-order valence-corrected chi connectivity index (χ4v) is 3.43. The van der Waals surface area contributed by atoms with E-state index in [1.54, 1.807) is 11.3 Å². The van der Waals surface area contributed by atoms with Crippen molar-refractivity contribution in [3.8, 4) is 0 Å². The van der Waals surface area contributed by atoms with Gasteiger partial charge in [0.2, 0.25) is 0 Å². The van der Waals surface area contributed by atoms with Gasteiger partial charge in [0.1, 0.15) is 5.01 Å². The Balaban J connectivity index is 2.14. The molecule has 0 saturated heterocycles. The Morgan fingerprint density at radius 2 is 1.95 bits per heavy atom. The molecule has 1 unspecified atom stereocenters. The van der Waals surface area contributed by atoms with Crippen molar-refractivity contribution in [2.45, 2.75) is 19.9 Å². The van der Waals surface area contributed by atoms with Gasteiger partial charge in [0.25, 0.3) is 0 Å². The molecule has 0 aliphatic rings. The first-order valence-corrected chi connectivity index (χ1v) is 7.80. The normalized spacial score (nSPS) is 12.7. The first-order chi connectivity index (χ1) is 9.79. The fraction of sp³-hybridized carbons (Fsp3) is 0.235. The number of benzene rings is 2. The molecule has 1 N–H and O–H groups in total. The minimum Gasteiger partial charge on any atom is -0.305 e. The third kappa shape index (κ3) is 2.47. The van der Waals surface area contributed by atoms with Crippen LogP contribution in [0.15, 0.2) is 47.8 Å². The van der Waals surface area contributed by atoms with E-state index in [9.17, 15) is 0 Å². The third-order valence-corrected chi connectivity index (χ3v) is 4.45. The molecule has 2 nitrogen and oxygen atoms in total. The molecule has 0 radical (unpaired) electrons. The molecule has 0 fully saturated rings. The number of aromatic nitrogens is 1. The van der Waals surface area contributed by atoms with Gasteiger partial charge in [-0.15, -0.1) is 11.3 Å². The first-order valence-electron chi connectivity index (χ1n) is 6.92. The van der Waals surface area contributed by atoms with Crippen molar-refractivity contribution in [3.63, 3.8) is 0 Å². The minimum atomic E-state index is 0.171. The van der Waals surface area contributed by atoms with Gasteiger partial charge in [-0.25, -0.2) is 4.98 Å². The molecule has 0 aliphatic carbocycles. The summed E-state index contributed by atoms with van der Waals surface area (Å²) in [7, 11) is 0. The molecule has 1 atom stereocenters. The van der Waals surface area contributed by atoms with Gasteiger partial charge in [0.05, 0.1) is 6.04 Å². The number of rotatable bonds is 4. The summed E-state index contributed by atoms with van der Waals surface area (Å²) in [6, 6.07) is 15.2. The summed E-state index contributed by atoms with van der Waals surface area (Å²) in [5.74, 6) is 0. The van der Waals surface area contributed by atoms with Crippen molar-refractivity contribution in [2.24, 2.45) is 0 Å². The van der Waals surface area contributed by atoms with Crippen LogP contribution >= 0.6 is 11.3 Å². The van der Waals surface area contributed by atoms with Crippen LogP contribution in [0.4, 0.5) is 0 Å². The zero-order valence-electron chi connectivity index (χ0n) is 11.8. The maximum Gasteiger partial charge on any atom is 0.114 e. The number of fused-ring (bicyclic) bond motifs is 1. The van der Waals surface area contributed by atoms with Crippen LogP contribution in [0, 0.1) is 6.92 Å². The van der Waals surface area contributed by atoms with E-state index in [4.69, 9.17) is 0 Å². The van der Waals surface area contributed by atoms with Gasteiger partial charge in [-0.1, -0.05) is 49.4 Å². The fourth-order valence-electron chi connectivity index (χ4n) is 2.54. The molecular formula is C17H18N2S. The zero-order chi connectivity index (χ0) is 13.9. The summed E-state index contributed by atoms with van der Waals surface area (Å²) in [6.07, 6.45) is 0. The molecule has 3 rings (SSSR count). The van der Waals surface area contributed by atoms with Gasteiger partial charge in [0, 0.05) is 11.1 Å². The Labute approximate surface area is 123 Å². The van der Waals surface area contributed by atoms with E-state index >= 15 is 0 Å². The summed E-state index contributed by atoms with van der Waals surface area (Å²) in [6.45, 7) is 5.11. The monoisotopic (exact) mass is 282 g/mol. The van der Waals surface area contributed by atoms with E-state index < -0.39 is 0 Å². The molecule has 0 amide bonds. The van der Waals surface area contributed by atoms with E-state index in [1.807, 2.05) is 6.92 Å². The van der Waals surface area contributed by atoms with Crippen molar-refractivity contribution in [1.82, 2.24) is 10.3 Å². The largest absolute Gasteiger partial charge is 0.305 e. The number of thiazole rings is 1. The Bertz CT molecular complexity index is 712. The second-order valence-electron chi connectivity index (χ2n) is 4.89. The number of aryl methyl sites for hydroxylation is 1. The predicted octanol–water partition coefficient (Wildman–Crippen LogP) is 4.30. The molecule has 3 heteroatoms. The van der Waals surface area contributed by atoms with Crippen LogP contribution in [0.2, 0.25) is 0 Å². The Hall–Kier alpha value is -1.71. The maximum atomic E-state index is 4.67. The Morgan fingerprint density at radius 3 is 2.70 bits per heavy atom. The SMILES string of the molecule is CCNC(c1nc(C)cs1)c1cccc2ccccc12. The topological polar surface area (TPSA) is 24.9 Å². The van der Waals surface area contributed by atoms with Crippen molar-refractivity contribution < 1.29 is 0 Å². The van der Waals surface area contributed by atoms with Crippen LogP contribution < -0.4 is 5.32 Å². The van der Waals surface area contributed by atoms with Crippen LogP contribution in [-0.2, 0) is 0 Å². The molecule has 3 aromatic rings. The predicted molar refractivity (Wildman–Crippen MR) is 86.3 cm³/mol. The van der Waals surface area contributed by atoms with Gasteiger partial charge in [-0.05, 0) is 29.8 Å². The first kappa shape index (κ1) is 13.3. The maximum absolute atomic E-state index is 4.67. The van der Waals surface area contributed by atoms with Crippen molar-refractivity contribution >= 4 is 22.1 Å². The molecule has 20 heavy (non-hydrogen) atoms. The van der Waals surface area contributed by atoms with Crippen LogP contribution in [-0.4, -0.2) is 11.5 Å². The van der Waals surface area contributed by atoms with Gasteiger partial charge in [0.15, 0.2) is 0 Å². The molecule has 2 aromatic carbocycles. The molecule has 1 heterocycles.